The molecule has 3 aromatic rings. The Kier molecular flexibility index (Phi) is 4.45. The van der Waals surface area contributed by atoms with Crippen LogP contribution in [0.5, 0.6) is 0 Å². The maximum atomic E-state index is 12.7. The van der Waals surface area contributed by atoms with Crippen LogP contribution in [-0.4, -0.2) is 16.1 Å². The molecule has 2 aromatic carbocycles. The van der Waals surface area contributed by atoms with E-state index in [1.54, 1.807) is 24.3 Å². The number of anilines is 1. The Bertz CT molecular complexity index is 925. The van der Waals surface area contributed by atoms with Gasteiger partial charge in [0.15, 0.2) is 0 Å². The zero-order valence-electron chi connectivity index (χ0n) is 12.3. The summed E-state index contributed by atoms with van der Waals surface area (Å²) in [6.07, 6.45) is -4.54. The monoisotopic (exact) mass is 367 g/mol. The van der Waals surface area contributed by atoms with Gasteiger partial charge >= 0.3 is 12.2 Å². The van der Waals surface area contributed by atoms with Gasteiger partial charge in [0.25, 0.3) is 11.8 Å². The maximum Gasteiger partial charge on any atom is 0.416 e. The largest absolute Gasteiger partial charge is 0.416 e. The van der Waals surface area contributed by atoms with E-state index in [1.165, 1.54) is 6.07 Å². The maximum absolute atomic E-state index is 12.7. The van der Waals surface area contributed by atoms with Crippen molar-refractivity contribution < 1.29 is 22.4 Å². The number of hydrogen-bond acceptors (Lipinski definition) is 4. The number of carbonyl (C=O) groups is 1. The molecule has 0 aliphatic carbocycles. The van der Waals surface area contributed by atoms with Gasteiger partial charge in [-0.1, -0.05) is 34.9 Å². The van der Waals surface area contributed by atoms with Crippen molar-refractivity contribution in [2.75, 3.05) is 5.32 Å². The number of alkyl halides is 3. The lowest BCUT2D eigenvalue weighted by Crippen LogP contribution is -2.14. The molecule has 0 bridgehead atoms. The molecule has 25 heavy (non-hydrogen) atoms. The first-order chi connectivity index (χ1) is 11.8. The van der Waals surface area contributed by atoms with Crippen LogP contribution >= 0.6 is 11.6 Å². The fourth-order valence-corrected chi connectivity index (χ4v) is 2.24. The zero-order valence-corrected chi connectivity index (χ0v) is 13.1. The van der Waals surface area contributed by atoms with Crippen molar-refractivity contribution in [1.29, 1.82) is 0 Å². The van der Waals surface area contributed by atoms with Gasteiger partial charge < -0.3 is 4.42 Å². The summed E-state index contributed by atoms with van der Waals surface area (Å²) in [7, 11) is 0. The molecule has 1 heterocycles. The summed E-state index contributed by atoms with van der Waals surface area (Å²) in [6, 6.07) is 10.5. The Balaban J connectivity index is 1.80. The number of nitrogens with zero attached hydrogens (tertiary/aromatic N) is 2. The summed E-state index contributed by atoms with van der Waals surface area (Å²) >= 11 is 6.01. The minimum absolute atomic E-state index is 0.0740. The molecule has 0 radical (unpaired) electrons. The third-order valence-corrected chi connectivity index (χ3v) is 3.53. The number of carbonyl (C=O) groups excluding carboxylic acids is 1. The first kappa shape index (κ1) is 17.0. The van der Waals surface area contributed by atoms with Gasteiger partial charge in [0, 0.05) is 5.56 Å². The number of hydrogen-bond donors (Lipinski definition) is 1. The second kappa shape index (κ2) is 6.56. The van der Waals surface area contributed by atoms with Crippen LogP contribution < -0.4 is 5.32 Å². The van der Waals surface area contributed by atoms with Crippen LogP contribution in [0.15, 0.2) is 52.9 Å². The lowest BCUT2D eigenvalue weighted by atomic mass is 10.1. The van der Waals surface area contributed by atoms with Gasteiger partial charge in [-0.25, -0.2) is 0 Å². The van der Waals surface area contributed by atoms with Crippen molar-refractivity contribution in [2.24, 2.45) is 0 Å². The van der Waals surface area contributed by atoms with Crippen LogP contribution in [0.1, 0.15) is 15.9 Å². The van der Waals surface area contributed by atoms with Gasteiger partial charge in [0.05, 0.1) is 16.1 Å². The first-order valence-corrected chi connectivity index (χ1v) is 7.29. The Morgan fingerprint density at radius 3 is 2.56 bits per heavy atom. The molecule has 0 saturated heterocycles. The molecule has 0 aliphatic rings. The fourth-order valence-electron chi connectivity index (χ4n) is 2.02. The van der Waals surface area contributed by atoms with E-state index in [-0.39, 0.29) is 17.5 Å². The van der Waals surface area contributed by atoms with Crippen molar-refractivity contribution in [3.8, 4) is 11.5 Å². The Hall–Kier alpha value is -2.87. The first-order valence-electron chi connectivity index (χ1n) is 6.91. The van der Waals surface area contributed by atoms with Crippen LogP contribution in [0.3, 0.4) is 0 Å². The van der Waals surface area contributed by atoms with Crippen LogP contribution in [0, 0.1) is 0 Å². The van der Waals surface area contributed by atoms with Crippen LogP contribution in [0.2, 0.25) is 5.02 Å². The van der Waals surface area contributed by atoms with Gasteiger partial charge in [-0.15, -0.1) is 5.10 Å². The molecular formula is C16H9ClF3N3O2. The highest BCUT2D eigenvalue weighted by Gasteiger charge is 2.31. The highest BCUT2D eigenvalue weighted by molar-refractivity contribution is 6.33. The molecule has 128 valence electrons. The second-order valence-corrected chi connectivity index (χ2v) is 5.33. The van der Waals surface area contributed by atoms with E-state index in [1.807, 2.05) is 0 Å². The Morgan fingerprint density at radius 2 is 1.84 bits per heavy atom. The summed E-state index contributed by atoms with van der Waals surface area (Å²) in [4.78, 5) is 12.1. The number of rotatable bonds is 3. The third kappa shape index (κ3) is 3.80. The van der Waals surface area contributed by atoms with E-state index in [0.717, 1.165) is 18.2 Å². The normalized spacial score (nSPS) is 11.4. The molecule has 1 amide bonds. The number of nitrogens with one attached hydrogen (secondary N) is 1. The summed E-state index contributed by atoms with van der Waals surface area (Å²) in [5.41, 5.74) is -0.647. The number of aromatic nitrogens is 2. The molecule has 9 heteroatoms. The van der Waals surface area contributed by atoms with E-state index < -0.39 is 17.6 Å². The number of benzene rings is 2. The van der Waals surface area contributed by atoms with Crippen molar-refractivity contribution in [3.63, 3.8) is 0 Å². The molecular weight excluding hydrogens is 359 g/mol. The second-order valence-electron chi connectivity index (χ2n) is 4.92. The molecule has 0 aliphatic heterocycles. The van der Waals surface area contributed by atoms with E-state index in [2.05, 4.69) is 15.5 Å². The minimum atomic E-state index is -4.54. The lowest BCUT2D eigenvalue weighted by Gasteiger charge is -2.07. The van der Waals surface area contributed by atoms with Gasteiger partial charge in [-0.2, -0.15) is 13.2 Å². The molecule has 0 saturated carbocycles. The van der Waals surface area contributed by atoms with E-state index >= 15 is 0 Å². The molecule has 1 aromatic heterocycles. The molecule has 5 nitrogen and oxygen atoms in total. The fraction of sp³-hybridized carbons (Fsp3) is 0.0625. The molecule has 0 spiro atoms. The summed E-state index contributed by atoms with van der Waals surface area (Å²) in [5, 5.41) is 10.0. The lowest BCUT2D eigenvalue weighted by molar-refractivity contribution is -0.137. The topological polar surface area (TPSA) is 68.0 Å². The van der Waals surface area contributed by atoms with Gasteiger partial charge in [0.2, 0.25) is 0 Å². The molecule has 3 rings (SSSR count). The average Bonchev–Trinajstić information content (AvgIpc) is 3.03. The Morgan fingerprint density at radius 1 is 1.08 bits per heavy atom. The van der Waals surface area contributed by atoms with Crippen molar-refractivity contribution in [3.05, 3.63) is 64.7 Å². The number of halogens is 4. The zero-order chi connectivity index (χ0) is 18.0. The van der Waals surface area contributed by atoms with Gasteiger partial charge in [-0.05, 0) is 30.3 Å². The highest BCUT2D eigenvalue weighted by atomic mass is 35.5. The van der Waals surface area contributed by atoms with Crippen molar-refractivity contribution >= 4 is 23.5 Å². The third-order valence-electron chi connectivity index (χ3n) is 3.20. The SMILES string of the molecule is O=C(Nc1nnc(-c2ccccc2Cl)o1)c1cccc(C(F)(F)F)c1. The van der Waals surface area contributed by atoms with Crippen LogP contribution in [0.4, 0.5) is 19.2 Å². The Labute approximate surface area is 144 Å². The molecule has 0 fully saturated rings. The van der Waals surface area contributed by atoms with Gasteiger partial charge in [0.1, 0.15) is 0 Å². The van der Waals surface area contributed by atoms with Crippen LogP contribution in [-0.2, 0) is 6.18 Å². The smallest absolute Gasteiger partial charge is 0.403 e. The number of amides is 1. The minimum Gasteiger partial charge on any atom is -0.403 e. The predicted molar refractivity (Wildman–Crippen MR) is 84.1 cm³/mol. The summed E-state index contributed by atoms with van der Waals surface area (Å²) in [5.74, 6) is -0.731. The van der Waals surface area contributed by atoms with Crippen molar-refractivity contribution in [2.45, 2.75) is 6.18 Å². The quantitative estimate of drug-likeness (QED) is 0.731. The van der Waals surface area contributed by atoms with Crippen LogP contribution in [0.25, 0.3) is 11.5 Å². The van der Waals surface area contributed by atoms with Crippen molar-refractivity contribution in [1.82, 2.24) is 10.2 Å². The van der Waals surface area contributed by atoms with E-state index in [0.29, 0.717) is 10.6 Å². The molecule has 0 atom stereocenters. The summed E-state index contributed by atoms with van der Waals surface area (Å²) in [6.45, 7) is 0. The van der Waals surface area contributed by atoms with Gasteiger partial charge in [-0.3, -0.25) is 10.1 Å². The average molecular weight is 368 g/mol. The molecule has 0 unspecified atom stereocenters. The molecule has 1 N–H and O–H groups in total. The predicted octanol–water partition coefficient (Wildman–Crippen LogP) is 4.66. The highest BCUT2D eigenvalue weighted by Crippen LogP contribution is 2.30. The summed E-state index contributed by atoms with van der Waals surface area (Å²) < 4.78 is 43.4. The van der Waals surface area contributed by atoms with E-state index in [9.17, 15) is 18.0 Å². The standard InChI is InChI=1S/C16H9ClF3N3O2/c17-12-7-2-1-6-11(12)14-22-23-15(25-14)21-13(24)9-4-3-5-10(8-9)16(18,19)20/h1-8H,(H,21,23,24). The van der Waals surface area contributed by atoms with E-state index in [4.69, 9.17) is 16.0 Å².